The Balaban J connectivity index is 1.29. The number of rotatable bonds is 1. The predicted octanol–water partition coefficient (Wildman–Crippen LogP) is 7.72. The standard InChI is InChI=1S/C48H36B2N2/c1-25-7-11-37-31(17-25)35-21-29(5)23-43-45(35)49(37)39-13-16-42(51-40-14-9-27(3)19-33(40)34-20-28(4)10-15-41(34)51)47-48(39)52(43)44-24-30(6)22-36-32-18-26(2)8-12-38(32)50(47)46(36)44/h7-24H,1-6H3. The van der Waals surface area contributed by atoms with Crippen molar-refractivity contribution in [1.29, 1.82) is 0 Å². The number of hydrogen-bond donors (Lipinski definition) is 0. The van der Waals surface area contributed by atoms with E-state index in [-0.39, 0.29) is 13.4 Å². The van der Waals surface area contributed by atoms with Crippen molar-refractivity contribution in [2.75, 3.05) is 4.90 Å². The zero-order valence-electron chi connectivity index (χ0n) is 30.4. The highest BCUT2D eigenvalue weighted by atomic mass is 15.2. The van der Waals surface area contributed by atoms with Crippen LogP contribution in [0.25, 0.3) is 49.7 Å². The fourth-order valence-electron chi connectivity index (χ4n) is 10.7. The maximum absolute atomic E-state index is 2.69. The molecule has 2 nitrogen and oxygen atoms in total. The maximum Gasteiger partial charge on any atom is 0.250 e. The van der Waals surface area contributed by atoms with Crippen molar-refractivity contribution in [1.82, 2.24) is 4.57 Å². The monoisotopic (exact) mass is 662 g/mol. The van der Waals surface area contributed by atoms with Gasteiger partial charge in [-0.05, 0) is 139 Å². The second-order valence-corrected chi connectivity index (χ2v) is 16.2. The molecule has 0 atom stereocenters. The third-order valence-electron chi connectivity index (χ3n) is 12.6. The molecule has 0 radical (unpaired) electrons. The van der Waals surface area contributed by atoms with E-state index < -0.39 is 0 Å². The van der Waals surface area contributed by atoms with Gasteiger partial charge in [0.25, 0.3) is 6.71 Å². The van der Waals surface area contributed by atoms with Crippen LogP contribution in [0.15, 0.2) is 109 Å². The van der Waals surface area contributed by atoms with E-state index in [0.717, 1.165) is 0 Å². The number of hydrogen-bond acceptors (Lipinski definition) is 1. The quantitative estimate of drug-likeness (QED) is 0.164. The average molecular weight is 662 g/mol. The van der Waals surface area contributed by atoms with Crippen molar-refractivity contribution < 1.29 is 0 Å². The Morgan fingerprint density at radius 3 is 1.40 bits per heavy atom. The van der Waals surface area contributed by atoms with Crippen LogP contribution in [0.5, 0.6) is 0 Å². The topological polar surface area (TPSA) is 8.17 Å². The van der Waals surface area contributed by atoms with Crippen molar-refractivity contribution in [3.63, 3.8) is 0 Å². The van der Waals surface area contributed by atoms with Crippen LogP contribution < -0.4 is 37.7 Å². The molecule has 0 aliphatic carbocycles. The van der Waals surface area contributed by atoms with Gasteiger partial charge in [0, 0.05) is 33.5 Å². The van der Waals surface area contributed by atoms with E-state index in [1.807, 2.05) is 0 Å². The van der Waals surface area contributed by atoms with Crippen LogP contribution in [-0.4, -0.2) is 18.0 Å². The van der Waals surface area contributed by atoms with Gasteiger partial charge in [0.1, 0.15) is 0 Å². The van der Waals surface area contributed by atoms with Crippen LogP contribution in [0.1, 0.15) is 33.4 Å². The van der Waals surface area contributed by atoms with Crippen LogP contribution in [0.3, 0.4) is 0 Å². The third kappa shape index (κ3) is 3.44. The summed E-state index contributed by atoms with van der Waals surface area (Å²) in [5.41, 5.74) is 29.9. The summed E-state index contributed by atoms with van der Waals surface area (Å²) < 4.78 is 2.59. The van der Waals surface area contributed by atoms with Gasteiger partial charge in [0.15, 0.2) is 0 Å². The molecule has 1 aromatic heterocycles. The lowest BCUT2D eigenvalue weighted by Crippen LogP contribution is -2.63. The van der Waals surface area contributed by atoms with Crippen LogP contribution >= 0.6 is 0 Å². The van der Waals surface area contributed by atoms with Gasteiger partial charge in [0.2, 0.25) is 6.71 Å². The molecule has 12 rings (SSSR count). The molecule has 7 aromatic carbocycles. The summed E-state index contributed by atoms with van der Waals surface area (Å²) in [7, 11) is 0. The van der Waals surface area contributed by atoms with E-state index in [0.29, 0.717) is 0 Å². The van der Waals surface area contributed by atoms with Crippen molar-refractivity contribution in [2.45, 2.75) is 41.5 Å². The Morgan fingerprint density at radius 1 is 0.365 bits per heavy atom. The van der Waals surface area contributed by atoms with Crippen molar-refractivity contribution >= 4 is 85.1 Å². The Kier molecular flexibility index (Phi) is 5.32. The minimum absolute atomic E-state index is 0.121. The first-order valence-electron chi connectivity index (χ1n) is 18.7. The molecule has 244 valence electrons. The summed E-state index contributed by atoms with van der Waals surface area (Å²) in [5.74, 6) is 0. The fourth-order valence-corrected chi connectivity index (χ4v) is 10.7. The SMILES string of the molecule is Cc1ccc2c(c1)-c1cc(C)cc3c1B2c1ccc(-n2c4ccc(C)cc4c4cc(C)ccc42)c2c1N3c1cc(C)cc3c1B2c1ccc(C)cc1-3. The summed E-state index contributed by atoms with van der Waals surface area (Å²) >= 11 is 0. The van der Waals surface area contributed by atoms with Gasteiger partial charge < -0.3 is 9.47 Å². The van der Waals surface area contributed by atoms with Gasteiger partial charge >= 0.3 is 0 Å². The molecule has 0 fully saturated rings. The lowest BCUT2D eigenvalue weighted by molar-refractivity contribution is 1.18. The molecule has 0 spiro atoms. The summed E-state index contributed by atoms with van der Waals surface area (Å²) in [6.45, 7) is 13.8. The van der Waals surface area contributed by atoms with Gasteiger partial charge in [-0.1, -0.05) is 99.9 Å². The van der Waals surface area contributed by atoms with Crippen molar-refractivity contribution in [3.05, 3.63) is 143 Å². The van der Waals surface area contributed by atoms with Crippen LogP contribution in [0, 0.1) is 41.5 Å². The molecule has 0 N–H and O–H groups in total. The van der Waals surface area contributed by atoms with E-state index in [1.165, 1.54) is 133 Å². The van der Waals surface area contributed by atoms with E-state index >= 15 is 0 Å². The van der Waals surface area contributed by atoms with E-state index in [4.69, 9.17) is 0 Å². The van der Waals surface area contributed by atoms with Gasteiger partial charge in [-0.15, -0.1) is 0 Å². The second kappa shape index (κ2) is 9.57. The molecule has 8 aromatic rings. The predicted molar refractivity (Wildman–Crippen MR) is 224 cm³/mol. The number of fused-ring (bicyclic) bond motifs is 13. The summed E-state index contributed by atoms with van der Waals surface area (Å²) in [4.78, 5) is 2.69. The molecule has 0 saturated heterocycles. The molecule has 0 bridgehead atoms. The molecule has 5 heterocycles. The molecule has 4 aliphatic heterocycles. The molecule has 0 amide bonds. The Labute approximate surface area is 305 Å². The summed E-state index contributed by atoms with van der Waals surface area (Å²) in [5, 5.41) is 2.64. The number of aryl methyl sites for hydroxylation is 6. The second-order valence-electron chi connectivity index (χ2n) is 16.2. The zero-order valence-corrected chi connectivity index (χ0v) is 30.4. The van der Waals surface area contributed by atoms with Crippen molar-refractivity contribution in [3.8, 4) is 27.9 Å². The lowest BCUT2D eigenvalue weighted by atomic mass is 9.32. The number of nitrogens with zero attached hydrogens (tertiary/aromatic N) is 2. The Morgan fingerprint density at radius 2 is 0.827 bits per heavy atom. The Bertz CT molecular complexity index is 2930. The lowest BCUT2D eigenvalue weighted by Gasteiger charge is -2.43. The van der Waals surface area contributed by atoms with Crippen LogP contribution in [-0.2, 0) is 0 Å². The number of aromatic nitrogens is 1. The molecule has 52 heavy (non-hydrogen) atoms. The van der Waals surface area contributed by atoms with Gasteiger partial charge in [-0.2, -0.15) is 0 Å². The summed E-state index contributed by atoms with van der Waals surface area (Å²) in [6.07, 6.45) is 0. The van der Waals surface area contributed by atoms with Crippen LogP contribution in [0.2, 0.25) is 0 Å². The Hall–Kier alpha value is -5.73. The van der Waals surface area contributed by atoms with Gasteiger partial charge in [-0.25, -0.2) is 0 Å². The smallest absolute Gasteiger partial charge is 0.250 e. The van der Waals surface area contributed by atoms with Crippen LogP contribution in [0.4, 0.5) is 17.1 Å². The first-order valence-corrected chi connectivity index (χ1v) is 18.7. The van der Waals surface area contributed by atoms with Gasteiger partial charge in [0.05, 0.1) is 11.0 Å². The molecule has 0 saturated carbocycles. The number of benzene rings is 7. The van der Waals surface area contributed by atoms with E-state index in [9.17, 15) is 0 Å². The maximum atomic E-state index is 2.69. The average Bonchev–Trinajstić information content (AvgIpc) is 3.73. The normalized spacial score (nSPS) is 13.8. The van der Waals surface area contributed by atoms with Crippen molar-refractivity contribution in [2.24, 2.45) is 0 Å². The number of anilines is 3. The molecule has 4 heteroatoms. The minimum atomic E-state index is 0.121. The molecule has 4 aliphatic rings. The minimum Gasteiger partial charge on any atom is -0.312 e. The fraction of sp³-hybridized carbons (Fsp3) is 0.125. The van der Waals surface area contributed by atoms with E-state index in [1.54, 1.807) is 0 Å². The molecular weight excluding hydrogens is 626 g/mol. The highest BCUT2D eigenvalue weighted by Gasteiger charge is 2.50. The first kappa shape index (κ1) is 28.9. The van der Waals surface area contributed by atoms with Gasteiger partial charge in [-0.3, -0.25) is 0 Å². The highest BCUT2D eigenvalue weighted by Crippen LogP contribution is 2.46. The third-order valence-corrected chi connectivity index (χ3v) is 12.6. The molecular formula is C48H36B2N2. The highest BCUT2D eigenvalue weighted by molar-refractivity contribution is 7.05. The molecule has 0 unspecified atom stereocenters. The zero-order chi connectivity index (χ0) is 34.9. The first-order chi connectivity index (χ1) is 25.2. The van der Waals surface area contributed by atoms with E-state index in [2.05, 4.69) is 160 Å². The summed E-state index contributed by atoms with van der Waals surface area (Å²) in [6, 6.07) is 43.1. The largest absolute Gasteiger partial charge is 0.312 e.